The van der Waals surface area contributed by atoms with Gasteiger partial charge < -0.3 is 43.2 Å². The van der Waals surface area contributed by atoms with E-state index in [4.69, 9.17) is 47.5 Å². The number of carboxylic acid groups (broad SMARTS) is 3. The van der Waals surface area contributed by atoms with Crippen LogP contribution in [-0.2, 0) is 24.2 Å². The number of amides is 2. The highest BCUT2D eigenvalue weighted by Crippen LogP contribution is 2.40. The Bertz CT molecular complexity index is 2030. The molecule has 3 rings (SSSR count). The molecule has 0 unspecified atom stereocenters. The van der Waals surface area contributed by atoms with Gasteiger partial charge in [0, 0.05) is 18.5 Å². The van der Waals surface area contributed by atoms with Crippen molar-refractivity contribution >= 4 is 80.0 Å². The van der Waals surface area contributed by atoms with Gasteiger partial charge in [-0.05, 0) is 67.5 Å². The Hall–Kier alpha value is -5.56. The number of aliphatic imine (C=N–C) groups is 1. The number of urea groups is 1. The maximum atomic E-state index is 13.7. The first-order valence-electron chi connectivity index (χ1n) is 15.2. The normalized spacial score (nSPS) is 11.1. The predicted molar refractivity (Wildman–Crippen MR) is 195 cm³/mol. The number of rotatable bonds is 13. The predicted octanol–water partition coefficient (Wildman–Crippen LogP) is 5.50. The molecule has 12 N–H and O–H groups in total. The second-order valence-corrected chi connectivity index (χ2v) is 14.9. The zero-order valence-electron chi connectivity index (χ0n) is 29.0. The summed E-state index contributed by atoms with van der Waals surface area (Å²) in [4.78, 5) is 45.8. The number of alkyl halides is 6. The average molecular weight is 860 g/mol. The number of aliphatic carboxylic acids is 3. The van der Waals surface area contributed by atoms with Crippen LogP contribution in [0.2, 0.25) is 0 Å². The number of guanidine groups is 1. The lowest BCUT2D eigenvalue weighted by Gasteiger charge is -2.17. The molecule has 1 aromatic heterocycles. The number of amidine groups is 1. The molecule has 0 spiro atoms. The summed E-state index contributed by atoms with van der Waals surface area (Å²) in [6.07, 6.45) is -6.57. The van der Waals surface area contributed by atoms with Gasteiger partial charge in [0.2, 0.25) is 9.84 Å². The van der Waals surface area contributed by atoms with Gasteiger partial charge in [-0.3, -0.25) is 10.2 Å². The number of thioether (sulfide) groups is 1. The number of anilines is 1. The molecule has 0 aliphatic carbocycles. The van der Waals surface area contributed by atoms with Crippen LogP contribution in [-0.4, -0.2) is 84.6 Å². The highest BCUT2D eigenvalue weighted by molar-refractivity contribution is 8.01. The molecule has 0 radical (unpaired) electrons. The number of thiophene rings is 1. The van der Waals surface area contributed by atoms with E-state index in [-0.39, 0.29) is 28.0 Å². The molecule has 0 bridgehead atoms. The Labute approximate surface area is 322 Å². The van der Waals surface area contributed by atoms with Gasteiger partial charge in [0.05, 0.1) is 30.3 Å². The number of hydrogen-bond donors (Lipinski definition) is 9. The Morgan fingerprint density at radius 2 is 1.48 bits per heavy atom. The van der Waals surface area contributed by atoms with Crippen molar-refractivity contribution in [2.75, 3.05) is 18.1 Å². The summed E-state index contributed by atoms with van der Waals surface area (Å²) in [7, 11) is -3.98. The molecule has 56 heavy (non-hydrogen) atoms. The van der Waals surface area contributed by atoms with E-state index >= 15 is 0 Å². The van der Waals surface area contributed by atoms with E-state index in [1.165, 1.54) is 30.0 Å². The second-order valence-electron chi connectivity index (χ2n) is 10.8. The summed E-state index contributed by atoms with van der Waals surface area (Å²) in [5.74, 6) is -6.75. The summed E-state index contributed by atoms with van der Waals surface area (Å²) in [5.41, 5.74) is 19.3. The highest BCUT2D eigenvalue weighted by atomic mass is 32.2. The number of nitrogen functional groups attached to an aromatic ring is 1. The lowest BCUT2D eigenvalue weighted by atomic mass is 9.97. The minimum absolute atomic E-state index is 0.0349. The standard InChI is InChI=1S/C27H33N7O5S3.2C2HF3O2/c1-15-11-17(33-26(30)31)13-19(34-27(37)32-10-5-3-4-9-22(35)36)23(15)16-7-6-8-18(12-16)42(38,39)21-14-20(24(28)29)41-25(21)40-2;2*3-2(4,5)1(6)7/h6-8,11-14H,3-5,9-10H2,1-2H3,(H3,28,29)(H,35,36)(H4,30,31,33)(H2,32,34,37);2*(H,6,7). The fourth-order valence-electron chi connectivity index (χ4n) is 4.18. The number of halogens is 6. The number of nitrogens with zero attached hydrogens (tertiary/aromatic N) is 1. The Balaban J connectivity index is 0.000000949. The zero-order chi connectivity index (χ0) is 43.2. The number of carbonyl (C=O) groups excluding carboxylic acids is 1. The fourth-order valence-corrected chi connectivity index (χ4v) is 8.08. The zero-order valence-corrected chi connectivity index (χ0v) is 31.5. The fraction of sp³-hybridized carbons (Fsp3) is 0.290. The van der Waals surface area contributed by atoms with Crippen LogP contribution >= 0.6 is 23.1 Å². The van der Waals surface area contributed by atoms with Gasteiger partial charge in [0.1, 0.15) is 5.84 Å². The van der Waals surface area contributed by atoms with Crippen molar-refractivity contribution in [3.05, 3.63) is 52.9 Å². The molecule has 308 valence electrons. The molecule has 25 heteroatoms. The van der Waals surface area contributed by atoms with Crippen LogP contribution in [0.5, 0.6) is 0 Å². The van der Waals surface area contributed by atoms with E-state index in [9.17, 15) is 44.3 Å². The van der Waals surface area contributed by atoms with Crippen LogP contribution in [0, 0.1) is 12.3 Å². The molecular formula is C31H35F6N7O9S3. The number of sulfone groups is 1. The molecular weight excluding hydrogens is 825 g/mol. The van der Waals surface area contributed by atoms with E-state index in [1.54, 1.807) is 37.4 Å². The lowest BCUT2D eigenvalue weighted by molar-refractivity contribution is -0.193. The third kappa shape index (κ3) is 15.7. The summed E-state index contributed by atoms with van der Waals surface area (Å²) < 4.78 is 91.4. The molecule has 0 atom stereocenters. The largest absolute Gasteiger partial charge is 0.490 e. The van der Waals surface area contributed by atoms with E-state index in [0.717, 1.165) is 11.3 Å². The SMILES string of the molecule is CSc1sc(C(=N)N)cc1S(=O)(=O)c1cccc(-c2c(C)cc(N=C(N)N)cc2NC(=O)NCCCCCC(=O)O)c1.O=C(O)C(F)(F)F.O=C(O)C(F)(F)F. The number of nitrogens with one attached hydrogen (secondary N) is 3. The smallest absolute Gasteiger partial charge is 0.481 e. The number of carbonyl (C=O) groups is 4. The van der Waals surface area contributed by atoms with Crippen molar-refractivity contribution < 1.29 is 69.3 Å². The van der Waals surface area contributed by atoms with Crippen LogP contribution in [0.25, 0.3) is 11.1 Å². The summed E-state index contributed by atoms with van der Waals surface area (Å²) in [6.45, 7) is 2.12. The van der Waals surface area contributed by atoms with Gasteiger partial charge in [-0.15, -0.1) is 23.1 Å². The molecule has 0 fully saturated rings. The van der Waals surface area contributed by atoms with Crippen LogP contribution < -0.4 is 27.8 Å². The molecule has 3 aromatic rings. The number of nitrogens with two attached hydrogens (primary N) is 3. The van der Waals surface area contributed by atoms with Gasteiger partial charge in [-0.2, -0.15) is 26.3 Å². The van der Waals surface area contributed by atoms with Crippen LogP contribution in [0.1, 0.15) is 36.1 Å². The van der Waals surface area contributed by atoms with Crippen LogP contribution in [0.15, 0.2) is 61.5 Å². The second kappa shape index (κ2) is 20.9. The molecule has 1 heterocycles. The van der Waals surface area contributed by atoms with Crippen molar-refractivity contribution in [2.24, 2.45) is 22.2 Å². The van der Waals surface area contributed by atoms with Gasteiger partial charge in [0.25, 0.3) is 0 Å². The first-order chi connectivity index (χ1) is 25.7. The maximum Gasteiger partial charge on any atom is 0.490 e. The van der Waals surface area contributed by atoms with Crippen molar-refractivity contribution in [1.29, 1.82) is 5.41 Å². The van der Waals surface area contributed by atoms with Gasteiger partial charge in [-0.25, -0.2) is 27.8 Å². The number of aryl methyl sites for hydroxylation is 1. The summed E-state index contributed by atoms with van der Waals surface area (Å²) in [5, 5.41) is 36.3. The third-order valence-electron chi connectivity index (χ3n) is 6.50. The Morgan fingerprint density at radius 3 is 1.96 bits per heavy atom. The highest BCUT2D eigenvalue weighted by Gasteiger charge is 2.39. The third-order valence-corrected chi connectivity index (χ3v) is 10.8. The number of unbranched alkanes of at least 4 members (excludes halogenated alkanes) is 2. The minimum Gasteiger partial charge on any atom is -0.481 e. The molecule has 0 aliphatic heterocycles. The first-order valence-corrected chi connectivity index (χ1v) is 18.7. The quantitative estimate of drug-likeness (QED) is 0.0338. The monoisotopic (exact) mass is 859 g/mol. The van der Waals surface area contributed by atoms with E-state index in [0.29, 0.717) is 63.0 Å². The van der Waals surface area contributed by atoms with Gasteiger partial charge in [0.15, 0.2) is 5.96 Å². The molecule has 0 saturated carbocycles. The maximum absolute atomic E-state index is 13.7. The molecule has 2 amide bonds. The van der Waals surface area contributed by atoms with E-state index in [1.807, 2.05) is 0 Å². The number of carboxylic acids is 3. The van der Waals surface area contributed by atoms with Gasteiger partial charge >= 0.3 is 36.3 Å². The topological polar surface area (TPSA) is 301 Å². The van der Waals surface area contributed by atoms with Crippen LogP contribution in [0.3, 0.4) is 0 Å². The molecule has 0 aliphatic rings. The van der Waals surface area contributed by atoms with Gasteiger partial charge in [-0.1, -0.05) is 18.6 Å². The van der Waals surface area contributed by atoms with Crippen LogP contribution in [0.4, 0.5) is 42.5 Å². The first kappa shape index (κ1) is 48.5. The minimum atomic E-state index is -5.08. The van der Waals surface area contributed by atoms with Crippen molar-refractivity contribution in [3.8, 4) is 11.1 Å². The van der Waals surface area contributed by atoms with E-state index < -0.39 is 46.1 Å². The lowest BCUT2D eigenvalue weighted by Crippen LogP contribution is -2.29. The average Bonchev–Trinajstić information content (AvgIpc) is 3.52. The van der Waals surface area contributed by atoms with Crippen molar-refractivity contribution in [3.63, 3.8) is 0 Å². The molecule has 16 nitrogen and oxygen atoms in total. The van der Waals surface area contributed by atoms with Crippen molar-refractivity contribution in [2.45, 2.75) is 59.0 Å². The summed E-state index contributed by atoms with van der Waals surface area (Å²) in [6, 6.07) is 10.6. The number of benzene rings is 2. The Morgan fingerprint density at radius 1 is 0.911 bits per heavy atom. The summed E-state index contributed by atoms with van der Waals surface area (Å²) >= 11 is 2.40. The Kier molecular flexibility index (Phi) is 18.1. The van der Waals surface area contributed by atoms with E-state index in [2.05, 4.69) is 15.6 Å². The molecule has 0 saturated heterocycles. The van der Waals surface area contributed by atoms with Crippen molar-refractivity contribution in [1.82, 2.24) is 5.32 Å². The molecule has 2 aromatic carbocycles. The number of hydrogen-bond acceptors (Lipinski definition) is 10.